The molecule has 0 aromatic heterocycles. The standard InChI is InChI=1S/C12H25NO3/c1-5-8-16-9-6-7-12(4,11(14)15)13-10(2)3/h10,13H,5-9H2,1-4H3,(H,14,15). The highest BCUT2D eigenvalue weighted by atomic mass is 16.5. The number of rotatable bonds is 9. The van der Waals surface area contributed by atoms with E-state index < -0.39 is 11.5 Å². The fraction of sp³-hybridized carbons (Fsp3) is 0.917. The summed E-state index contributed by atoms with van der Waals surface area (Å²) in [7, 11) is 0. The molecular weight excluding hydrogens is 206 g/mol. The quantitative estimate of drug-likeness (QED) is 0.596. The van der Waals surface area contributed by atoms with Crippen molar-refractivity contribution in [3.63, 3.8) is 0 Å². The van der Waals surface area contributed by atoms with E-state index in [1.807, 2.05) is 13.8 Å². The highest BCUT2D eigenvalue weighted by Crippen LogP contribution is 2.14. The molecule has 16 heavy (non-hydrogen) atoms. The summed E-state index contributed by atoms with van der Waals surface area (Å²) in [4.78, 5) is 11.2. The summed E-state index contributed by atoms with van der Waals surface area (Å²) in [6.45, 7) is 9.08. The Morgan fingerprint density at radius 3 is 2.50 bits per heavy atom. The molecule has 0 bridgehead atoms. The van der Waals surface area contributed by atoms with Crippen molar-refractivity contribution >= 4 is 5.97 Å². The Bertz CT molecular complexity index is 206. The van der Waals surface area contributed by atoms with E-state index in [1.54, 1.807) is 6.92 Å². The Hall–Kier alpha value is -0.610. The van der Waals surface area contributed by atoms with Gasteiger partial charge in [0.2, 0.25) is 0 Å². The Kier molecular flexibility index (Phi) is 7.34. The van der Waals surface area contributed by atoms with Gasteiger partial charge in [0.1, 0.15) is 5.54 Å². The second-order valence-electron chi connectivity index (χ2n) is 4.65. The van der Waals surface area contributed by atoms with Crippen LogP contribution in [0, 0.1) is 0 Å². The van der Waals surface area contributed by atoms with Gasteiger partial charge in [-0.3, -0.25) is 10.1 Å². The summed E-state index contributed by atoms with van der Waals surface area (Å²) in [5.41, 5.74) is -0.844. The van der Waals surface area contributed by atoms with Gasteiger partial charge < -0.3 is 9.84 Å². The molecule has 0 aromatic rings. The first kappa shape index (κ1) is 15.4. The molecule has 1 unspecified atom stereocenters. The summed E-state index contributed by atoms with van der Waals surface area (Å²) in [5.74, 6) is -0.795. The van der Waals surface area contributed by atoms with Crippen LogP contribution in [0.2, 0.25) is 0 Å². The van der Waals surface area contributed by atoms with E-state index in [0.29, 0.717) is 13.0 Å². The number of carboxylic acids is 1. The molecule has 4 nitrogen and oxygen atoms in total. The first-order valence-corrected chi connectivity index (χ1v) is 6.01. The van der Waals surface area contributed by atoms with Gasteiger partial charge in [0.05, 0.1) is 0 Å². The molecule has 1 atom stereocenters. The summed E-state index contributed by atoms with van der Waals surface area (Å²) in [6.07, 6.45) is 2.35. The van der Waals surface area contributed by atoms with E-state index in [-0.39, 0.29) is 6.04 Å². The number of ether oxygens (including phenoxy) is 1. The lowest BCUT2D eigenvalue weighted by Gasteiger charge is -2.28. The second kappa shape index (κ2) is 7.63. The van der Waals surface area contributed by atoms with Crippen LogP contribution in [0.15, 0.2) is 0 Å². The second-order valence-corrected chi connectivity index (χ2v) is 4.65. The van der Waals surface area contributed by atoms with Gasteiger partial charge in [-0.15, -0.1) is 0 Å². The molecule has 0 amide bonds. The van der Waals surface area contributed by atoms with Crippen LogP contribution in [-0.2, 0) is 9.53 Å². The van der Waals surface area contributed by atoms with Crippen molar-refractivity contribution < 1.29 is 14.6 Å². The molecule has 0 saturated carbocycles. The molecule has 0 saturated heterocycles. The Morgan fingerprint density at radius 1 is 1.44 bits per heavy atom. The van der Waals surface area contributed by atoms with Crippen LogP contribution in [-0.4, -0.2) is 35.9 Å². The third-order valence-electron chi connectivity index (χ3n) is 2.39. The van der Waals surface area contributed by atoms with Crippen molar-refractivity contribution in [1.29, 1.82) is 0 Å². The number of carbonyl (C=O) groups is 1. The first-order valence-electron chi connectivity index (χ1n) is 6.01. The molecule has 0 aliphatic heterocycles. The number of carboxylic acid groups (broad SMARTS) is 1. The molecule has 96 valence electrons. The molecule has 0 radical (unpaired) electrons. The first-order chi connectivity index (χ1) is 7.42. The Labute approximate surface area is 98.4 Å². The largest absolute Gasteiger partial charge is 0.480 e. The molecule has 4 heteroatoms. The van der Waals surface area contributed by atoms with Gasteiger partial charge in [-0.2, -0.15) is 0 Å². The van der Waals surface area contributed by atoms with Crippen molar-refractivity contribution in [2.24, 2.45) is 0 Å². The smallest absolute Gasteiger partial charge is 0.323 e. The topological polar surface area (TPSA) is 58.6 Å². The van der Waals surface area contributed by atoms with Crippen molar-refractivity contribution in [2.45, 2.75) is 58.5 Å². The van der Waals surface area contributed by atoms with Crippen LogP contribution < -0.4 is 5.32 Å². The number of hydrogen-bond acceptors (Lipinski definition) is 3. The lowest BCUT2D eigenvalue weighted by atomic mass is 9.95. The lowest BCUT2D eigenvalue weighted by molar-refractivity contribution is -0.144. The van der Waals surface area contributed by atoms with Gasteiger partial charge in [0.25, 0.3) is 0 Å². The minimum Gasteiger partial charge on any atom is -0.480 e. The van der Waals surface area contributed by atoms with Gasteiger partial charge in [0.15, 0.2) is 0 Å². The van der Waals surface area contributed by atoms with Crippen molar-refractivity contribution in [1.82, 2.24) is 5.32 Å². The molecule has 0 heterocycles. The molecule has 0 spiro atoms. The SMILES string of the molecule is CCCOCCCC(C)(NC(C)C)C(=O)O. The number of nitrogens with one attached hydrogen (secondary N) is 1. The molecule has 0 aliphatic carbocycles. The van der Waals surface area contributed by atoms with E-state index in [4.69, 9.17) is 4.74 Å². The summed E-state index contributed by atoms with van der Waals surface area (Å²) < 4.78 is 5.34. The minimum absolute atomic E-state index is 0.165. The lowest BCUT2D eigenvalue weighted by Crippen LogP contribution is -2.52. The van der Waals surface area contributed by atoms with Gasteiger partial charge >= 0.3 is 5.97 Å². The zero-order valence-electron chi connectivity index (χ0n) is 10.9. The molecule has 0 fully saturated rings. The van der Waals surface area contributed by atoms with Crippen LogP contribution in [0.3, 0.4) is 0 Å². The van der Waals surface area contributed by atoms with Gasteiger partial charge in [0, 0.05) is 19.3 Å². The molecule has 0 aliphatic rings. The van der Waals surface area contributed by atoms with Gasteiger partial charge in [-0.25, -0.2) is 0 Å². The molecular formula is C12H25NO3. The van der Waals surface area contributed by atoms with Gasteiger partial charge in [-0.05, 0) is 40.0 Å². The zero-order chi connectivity index (χ0) is 12.6. The van der Waals surface area contributed by atoms with E-state index >= 15 is 0 Å². The average Bonchev–Trinajstić information content (AvgIpc) is 2.16. The predicted molar refractivity (Wildman–Crippen MR) is 64.7 cm³/mol. The van der Waals surface area contributed by atoms with Crippen LogP contribution in [0.5, 0.6) is 0 Å². The van der Waals surface area contributed by atoms with Crippen LogP contribution in [0.25, 0.3) is 0 Å². The summed E-state index contributed by atoms with van der Waals surface area (Å²) in [6, 6.07) is 0.165. The number of aliphatic carboxylic acids is 1. The number of hydrogen-bond donors (Lipinski definition) is 2. The highest BCUT2D eigenvalue weighted by molar-refractivity contribution is 5.78. The summed E-state index contributed by atoms with van der Waals surface area (Å²) >= 11 is 0. The van der Waals surface area contributed by atoms with Crippen molar-refractivity contribution in [2.75, 3.05) is 13.2 Å². The summed E-state index contributed by atoms with van der Waals surface area (Å²) in [5, 5.41) is 12.3. The predicted octanol–water partition coefficient (Wildman–Crippen LogP) is 2.03. The fourth-order valence-electron chi connectivity index (χ4n) is 1.65. The Morgan fingerprint density at radius 2 is 2.06 bits per heavy atom. The van der Waals surface area contributed by atoms with Crippen LogP contribution in [0.1, 0.15) is 47.0 Å². The maximum Gasteiger partial charge on any atom is 0.323 e. The van der Waals surface area contributed by atoms with E-state index in [9.17, 15) is 9.90 Å². The normalized spacial score (nSPS) is 15.1. The Balaban J connectivity index is 3.98. The molecule has 0 aromatic carbocycles. The van der Waals surface area contributed by atoms with Crippen molar-refractivity contribution in [3.05, 3.63) is 0 Å². The molecule has 2 N–H and O–H groups in total. The third-order valence-corrected chi connectivity index (χ3v) is 2.39. The zero-order valence-corrected chi connectivity index (χ0v) is 10.9. The highest BCUT2D eigenvalue weighted by Gasteiger charge is 2.32. The van der Waals surface area contributed by atoms with Gasteiger partial charge in [-0.1, -0.05) is 6.92 Å². The van der Waals surface area contributed by atoms with Crippen molar-refractivity contribution in [3.8, 4) is 0 Å². The minimum atomic E-state index is -0.844. The third kappa shape index (κ3) is 6.08. The maximum atomic E-state index is 11.2. The fourth-order valence-corrected chi connectivity index (χ4v) is 1.65. The van der Waals surface area contributed by atoms with E-state index in [0.717, 1.165) is 19.4 Å². The van der Waals surface area contributed by atoms with E-state index in [2.05, 4.69) is 12.2 Å². The van der Waals surface area contributed by atoms with Crippen LogP contribution in [0.4, 0.5) is 0 Å². The van der Waals surface area contributed by atoms with Crippen LogP contribution >= 0.6 is 0 Å². The maximum absolute atomic E-state index is 11.2. The monoisotopic (exact) mass is 231 g/mol. The average molecular weight is 231 g/mol. The van der Waals surface area contributed by atoms with E-state index in [1.165, 1.54) is 0 Å². The molecule has 0 rings (SSSR count).